The van der Waals surface area contributed by atoms with Crippen molar-refractivity contribution in [2.24, 2.45) is 5.41 Å². The third-order valence-corrected chi connectivity index (χ3v) is 14.9. The minimum absolute atomic E-state index is 0.0133. The monoisotopic (exact) mass is 953 g/mol. The van der Waals surface area contributed by atoms with Crippen molar-refractivity contribution in [3.05, 3.63) is 223 Å². The van der Waals surface area contributed by atoms with E-state index in [9.17, 15) is 0 Å². The van der Waals surface area contributed by atoms with Crippen LogP contribution >= 0.6 is 0 Å². The van der Waals surface area contributed by atoms with E-state index in [1.165, 1.54) is 33.2 Å². The van der Waals surface area contributed by atoms with Crippen molar-refractivity contribution < 1.29 is 9.30 Å². The second-order valence-electron chi connectivity index (χ2n) is 22.8. The number of rotatable bonds is 9. The maximum absolute atomic E-state index is 6.92. The highest BCUT2D eigenvalue weighted by atomic mass is 16.5. The molecule has 0 saturated heterocycles. The van der Waals surface area contributed by atoms with Gasteiger partial charge in [0.1, 0.15) is 17.3 Å². The summed E-state index contributed by atoms with van der Waals surface area (Å²) in [6, 6.07) is 69.5. The first kappa shape index (κ1) is 47.3. The Hall–Kier alpha value is -8.02. The zero-order valence-electron chi connectivity index (χ0n) is 43.8. The van der Waals surface area contributed by atoms with Gasteiger partial charge in [-0.3, -0.25) is 13.7 Å². The third-order valence-electron chi connectivity index (χ3n) is 14.9. The van der Waals surface area contributed by atoms with Crippen LogP contribution in [0.2, 0.25) is 0 Å². The molecule has 3 aromatic heterocycles. The van der Waals surface area contributed by atoms with Crippen molar-refractivity contribution in [3.63, 3.8) is 0 Å². The van der Waals surface area contributed by atoms with Crippen molar-refractivity contribution in [3.8, 4) is 62.1 Å². The van der Waals surface area contributed by atoms with Crippen molar-refractivity contribution in [1.82, 2.24) is 14.1 Å². The Morgan fingerprint density at radius 1 is 0.493 bits per heavy atom. The number of ether oxygens (including phenoxy) is 1. The van der Waals surface area contributed by atoms with E-state index in [-0.39, 0.29) is 22.2 Å². The van der Waals surface area contributed by atoms with Crippen molar-refractivity contribution in [1.29, 1.82) is 0 Å². The fourth-order valence-electron chi connectivity index (χ4n) is 10.3. The molecule has 0 spiro atoms. The lowest BCUT2D eigenvalue weighted by atomic mass is 9.75. The van der Waals surface area contributed by atoms with Gasteiger partial charge in [-0.1, -0.05) is 209 Å². The topological polar surface area (TPSA) is 35.9 Å². The quantitative estimate of drug-likeness (QED) is 0.107. The molecule has 0 N–H and O–H groups in total. The van der Waals surface area contributed by atoms with E-state index in [1.54, 1.807) is 0 Å². The van der Waals surface area contributed by atoms with Gasteiger partial charge in [0.05, 0.1) is 33.4 Å². The molecule has 5 heteroatoms. The van der Waals surface area contributed by atoms with E-state index in [4.69, 9.17) is 9.72 Å². The number of benzene rings is 8. The zero-order valence-corrected chi connectivity index (χ0v) is 43.8. The van der Waals surface area contributed by atoms with E-state index in [0.29, 0.717) is 0 Å². The predicted molar refractivity (Wildman–Crippen MR) is 304 cm³/mol. The molecule has 0 aliphatic carbocycles. The first-order chi connectivity index (χ1) is 35.0. The highest BCUT2D eigenvalue weighted by Crippen LogP contribution is 2.43. The Bertz CT molecular complexity index is 3760. The molecule has 0 aliphatic rings. The number of imidazole rings is 1. The molecule has 0 aliphatic heterocycles. The van der Waals surface area contributed by atoms with Crippen molar-refractivity contribution in [2.45, 2.75) is 86.0 Å². The summed E-state index contributed by atoms with van der Waals surface area (Å²) in [4.78, 5) is 5.33. The van der Waals surface area contributed by atoms with Gasteiger partial charge >= 0.3 is 0 Å². The van der Waals surface area contributed by atoms with Crippen LogP contribution in [-0.4, -0.2) is 14.1 Å². The molecule has 0 bridgehead atoms. The normalized spacial score (nSPS) is 12.7. The van der Waals surface area contributed by atoms with E-state index in [1.807, 2.05) is 6.07 Å². The van der Waals surface area contributed by atoms with E-state index in [0.717, 1.165) is 78.4 Å². The van der Waals surface area contributed by atoms with Crippen LogP contribution in [0, 0.1) is 11.7 Å². The fraction of sp³-hybridized carbons (Fsp3) is 0.206. The number of aromatic nitrogens is 4. The molecule has 1 unspecified atom stereocenters. The Kier molecular flexibility index (Phi) is 11.8. The molecule has 1 atom stereocenters. The summed E-state index contributed by atoms with van der Waals surface area (Å²) < 4.78 is 13.6. The van der Waals surface area contributed by atoms with Gasteiger partial charge < -0.3 is 4.74 Å². The molecule has 11 rings (SSSR count). The summed E-state index contributed by atoms with van der Waals surface area (Å²) in [5.74, 6) is 2.59. The Morgan fingerprint density at radius 2 is 1.10 bits per heavy atom. The molecule has 73 heavy (non-hydrogen) atoms. The minimum atomic E-state index is -0.0222. The largest absolute Gasteiger partial charge is 0.458 e. The summed E-state index contributed by atoms with van der Waals surface area (Å²) in [7, 11) is 0. The average molecular weight is 953 g/mol. The first-order valence-corrected chi connectivity index (χ1v) is 25.7. The lowest BCUT2D eigenvalue weighted by molar-refractivity contribution is -0.571. The van der Waals surface area contributed by atoms with Gasteiger partial charge in [-0.2, -0.15) is 0 Å². The number of pyridine rings is 1. The van der Waals surface area contributed by atoms with E-state index < -0.39 is 0 Å². The van der Waals surface area contributed by atoms with Crippen LogP contribution in [0.25, 0.3) is 83.4 Å². The SMILES string of the molecule is CC(c1cc(-n2c3ccc(C(C)(C)C)cc3c3ccc(Oc4cccc(-n5[c-][n+](-c6c(-c7ccccc7)cccc6-c6ccccc6)c6ccccc65)c4)cc32)ncc1-c1ccc(C(C)(C)C)cc1)C(C)(C)C. The number of hydrogen-bond acceptors (Lipinski definition) is 2. The van der Waals surface area contributed by atoms with Crippen molar-refractivity contribution in [2.75, 3.05) is 0 Å². The molecule has 8 aromatic carbocycles. The number of fused-ring (bicyclic) bond motifs is 4. The molecule has 0 saturated carbocycles. The molecular formula is C68H64N4O. The van der Waals surface area contributed by atoms with Crippen LogP contribution in [0.3, 0.4) is 0 Å². The van der Waals surface area contributed by atoms with Gasteiger partial charge in [-0.25, -0.2) is 4.98 Å². The summed E-state index contributed by atoms with van der Waals surface area (Å²) in [5.41, 5.74) is 17.1. The Balaban J connectivity index is 1.03. The average Bonchev–Trinajstić information content (AvgIpc) is 3.93. The second-order valence-corrected chi connectivity index (χ2v) is 22.8. The molecule has 0 amide bonds. The molecule has 5 nitrogen and oxygen atoms in total. The van der Waals surface area contributed by atoms with Crippen LogP contribution in [0.15, 0.2) is 200 Å². The zero-order chi connectivity index (χ0) is 50.8. The maximum Gasteiger partial charge on any atom is 0.269 e. The van der Waals surface area contributed by atoms with Crippen molar-refractivity contribution >= 4 is 32.8 Å². The lowest BCUT2D eigenvalue weighted by Gasteiger charge is -2.30. The van der Waals surface area contributed by atoms with Gasteiger partial charge in [0.2, 0.25) is 0 Å². The van der Waals surface area contributed by atoms with Gasteiger partial charge in [0.15, 0.2) is 0 Å². The predicted octanol–water partition coefficient (Wildman–Crippen LogP) is 17.7. The molecule has 11 aromatic rings. The van der Waals surface area contributed by atoms with Crippen LogP contribution in [0.1, 0.15) is 91.8 Å². The lowest BCUT2D eigenvalue weighted by Crippen LogP contribution is -2.31. The smallest absolute Gasteiger partial charge is 0.269 e. The van der Waals surface area contributed by atoms with Crippen LogP contribution in [-0.2, 0) is 10.8 Å². The fourth-order valence-corrected chi connectivity index (χ4v) is 10.3. The number of nitrogens with zero attached hydrogens (tertiary/aromatic N) is 4. The molecule has 0 radical (unpaired) electrons. The number of hydrogen-bond donors (Lipinski definition) is 0. The highest BCUT2D eigenvalue weighted by molar-refractivity contribution is 6.10. The van der Waals surface area contributed by atoms with Crippen LogP contribution < -0.4 is 9.30 Å². The van der Waals surface area contributed by atoms with Gasteiger partial charge in [-0.05, 0) is 115 Å². The number of para-hydroxylation sites is 3. The van der Waals surface area contributed by atoms with Crippen LogP contribution in [0.4, 0.5) is 0 Å². The first-order valence-electron chi connectivity index (χ1n) is 25.7. The van der Waals surface area contributed by atoms with E-state index in [2.05, 4.69) is 284 Å². The van der Waals surface area contributed by atoms with Gasteiger partial charge in [0.25, 0.3) is 6.33 Å². The Labute approximate surface area is 431 Å². The van der Waals surface area contributed by atoms with Gasteiger partial charge in [-0.15, -0.1) is 0 Å². The Morgan fingerprint density at radius 3 is 1.75 bits per heavy atom. The summed E-state index contributed by atoms with van der Waals surface area (Å²) in [6.07, 6.45) is 5.92. The standard InChI is InChI=1S/C68H64N4O/c1-45(66(2,3)4)57-42-64(69-43-59(57)48-31-33-49(34-32-48)67(5,6)7)72-60-38-35-50(68(8,9)10)39-58(60)56-37-36-53(41-63(56)72)73-52-26-19-25-51(40-52)70-44-71(62-30-18-17-29-61(62)70)65-54(46-21-13-11-14-22-46)27-20-28-55(65)47-23-15-12-16-24-47/h11-43,45H,1-10H3. The summed E-state index contributed by atoms with van der Waals surface area (Å²) in [5, 5.41) is 2.34. The summed E-state index contributed by atoms with van der Waals surface area (Å²) >= 11 is 0. The van der Waals surface area contributed by atoms with Crippen LogP contribution in [0.5, 0.6) is 11.5 Å². The molecular weight excluding hydrogens is 889 g/mol. The second kappa shape index (κ2) is 18.2. The summed E-state index contributed by atoms with van der Waals surface area (Å²) in [6.45, 7) is 23.0. The minimum Gasteiger partial charge on any atom is -0.458 e. The maximum atomic E-state index is 6.92. The van der Waals surface area contributed by atoms with E-state index >= 15 is 0 Å². The third kappa shape index (κ3) is 8.92. The molecule has 0 fully saturated rings. The molecule has 362 valence electrons. The van der Waals surface area contributed by atoms with Gasteiger partial charge in [0, 0.05) is 28.6 Å². The molecule has 3 heterocycles. The highest BCUT2D eigenvalue weighted by Gasteiger charge is 2.27.